The van der Waals surface area contributed by atoms with Crippen molar-refractivity contribution in [1.29, 1.82) is 0 Å². The lowest BCUT2D eigenvalue weighted by Crippen LogP contribution is -2.41. The summed E-state index contributed by atoms with van der Waals surface area (Å²) in [5.74, 6) is -0.545. The number of carbonyl (C=O) groups excluding carboxylic acids is 2. The molecule has 2 aromatic rings. The number of nitrogens with one attached hydrogen (secondary N) is 2. The second-order valence-electron chi connectivity index (χ2n) is 5.43. The molecule has 0 saturated carbocycles. The van der Waals surface area contributed by atoms with Gasteiger partial charge in [-0.05, 0) is 36.6 Å². The Morgan fingerprint density at radius 3 is 2.92 bits per heavy atom. The van der Waals surface area contributed by atoms with Crippen molar-refractivity contribution < 1.29 is 9.59 Å². The predicted molar refractivity (Wildman–Crippen MR) is 108 cm³/mol. The van der Waals surface area contributed by atoms with Crippen LogP contribution in [-0.2, 0) is 9.59 Å². The Balaban J connectivity index is 1.69. The zero-order valence-corrected chi connectivity index (χ0v) is 16.1. The summed E-state index contributed by atoms with van der Waals surface area (Å²) < 4.78 is 0. The first kappa shape index (κ1) is 18.6. The van der Waals surface area contributed by atoms with Gasteiger partial charge in [0, 0.05) is 17.1 Å². The van der Waals surface area contributed by atoms with Gasteiger partial charge < -0.3 is 10.6 Å². The fourth-order valence-corrected chi connectivity index (χ4v) is 3.98. The zero-order valence-electron chi connectivity index (χ0n) is 13.7. The molecule has 0 bridgehead atoms. The van der Waals surface area contributed by atoms with Crippen LogP contribution < -0.4 is 10.6 Å². The van der Waals surface area contributed by atoms with Crippen LogP contribution in [0.2, 0.25) is 5.02 Å². The molecule has 1 aromatic heterocycles. The van der Waals surface area contributed by atoms with Crippen LogP contribution in [-0.4, -0.2) is 27.9 Å². The lowest BCUT2D eigenvalue weighted by atomic mass is 10.2. The average Bonchev–Trinajstić information content (AvgIpc) is 3.14. The second kappa shape index (κ2) is 8.48. The van der Waals surface area contributed by atoms with Crippen LogP contribution >= 0.6 is 34.7 Å². The number of nitrogens with zero attached hydrogens (tertiary/aromatic N) is 2. The normalized spacial score (nSPS) is 19.3. The van der Waals surface area contributed by atoms with Crippen LogP contribution in [0.5, 0.6) is 0 Å². The highest BCUT2D eigenvalue weighted by Gasteiger charge is 2.30. The summed E-state index contributed by atoms with van der Waals surface area (Å²) in [4.78, 5) is 25.4. The van der Waals surface area contributed by atoms with Crippen molar-refractivity contribution in [2.45, 2.75) is 18.6 Å². The van der Waals surface area contributed by atoms with Gasteiger partial charge in [-0.25, -0.2) is 0 Å². The molecule has 1 aromatic carbocycles. The van der Waals surface area contributed by atoms with E-state index in [1.54, 1.807) is 35.6 Å². The van der Waals surface area contributed by atoms with Gasteiger partial charge in [0.15, 0.2) is 5.17 Å². The lowest BCUT2D eigenvalue weighted by Gasteiger charge is -2.21. The van der Waals surface area contributed by atoms with E-state index in [-0.39, 0.29) is 18.2 Å². The predicted octanol–water partition coefficient (Wildman–Crippen LogP) is 3.74. The molecule has 1 saturated heterocycles. The molecule has 0 spiro atoms. The Bertz CT molecular complexity index is 881. The molecule has 1 aliphatic heterocycles. The van der Waals surface area contributed by atoms with E-state index in [1.165, 1.54) is 11.8 Å². The summed E-state index contributed by atoms with van der Waals surface area (Å²) in [6.07, 6.45) is 0.0731. The Labute approximate surface area is 163 Å². The molecule has 2 amide bonds. The maximum absolute atomic E-state index is 12.5. The summed E-state index contributed by atoms with van der Waals surface area (Å²) in [5, 5.41) is 15.8. The fraction of sp³-hybridized carbons (Fsp3) is 0.176. The molecule has 0 unspecified atom stereocenters. The van der Waals surface area contributed by atoms with Crippen molar-refractivity contribution in [2.75, 3.05) is 5.32 Å². The number of thioether (sulfide) groups is 1. The van der Waals surface area contributed by atoms with Gasteiger partial charge >= 0.3 is 0 Å². The molecule has 26 heavy (non-hydrogen) atoms. The van der Waals surface area contributed by atoms with E-state index in [9.17, 15) is 9.59 Å². The molecule has 1 atom stereocenters. The van der Waals surface area contributed by atoms with Crippen LogP contribution in [0.25, 0.3) is 0 Å². The third-order valence-electron chi connectivity index (χ3n) is 3.42. The summed E-state index contributed by atoms with van der Waals surface area (Å²) in [6.45, 7) is 1.84. The molecular weight excluding hydrogens is 392 g/mol. The number of rotatable bonds is 4. The Morgan fingerprint density at radius 1 is 1.35 bits per heavy atom. The zero-order chi connectivity index (χ0) is 18.5. The Hall–Kier alpha value is -2.16. The van der Waals surface area contributed by atoms with Gasteiger partial charge in [-0.3, -0.25) is 9.59 Å². The molecule has 0 aliphatic carbocycles. The van der Waals surface area contributed by atoms with Gasteiger partial charge in [0.1, 0.15) is 5.25 Å². The minimum absolute atomic E-state index is 0.0731. The number of halogens is 1. The number of amides is 2. The smallest absolute Gasteiger partial charge is 0.238 e. The second-order valence-corrected chi connectivity index (χ2v) is 8.00. The number of hydrogen-bond donors (Lipinski definition) is 2. The minimum Gasteiger partial charge on any atom is -0.325 e. The molecule has 2 heterocycles. The molecule has 3 rings (SSSR count). The first-order valence-electron chi connectivity index (χ1n) is 7.70. The third-order valence-corrected chi connectivity index (χ3v) is 5.71. The van der Waals surface area contributed by atoms with Crippen molar-refractivity contribution in [3.63, 3.8) is 0 Å². The summed E-state index contributed by atoms with van der Waals surface area (Å²) in [5.41, 5.74) is 1.33. The highest BCUT2D eigenvalue weighted by atomic mass is 35.5. The van der Waals surface area contributed by atoms with Gasteiger partial charge in [0.2, 0.25) is 11.8 Å². The average molecular weight is 407 g/mol. The molecule has 0 radical (unpaired) electrons. The quantitative estimate of drug-likeness (QED) is 0.599. The van der Waals surface area contributed by atoms with Gasteiger partial charge in [0.05, 0.1) is 10.6 Å². The summed E-state index contributed by atoms with van der Waals surface area (Å²) in [6, 6.07) is 10.7. The van der Waals surface area contributed by atoms with Gasteiger partial charge in [-0.2, -0.15) is 5.10 Å². The molecule has 2 N–H and O–H groups in total. The molecule has 6 nitrogen and oxygen atoms in total. The van der Waals surface area contributed by atoms with Gasteiger partial charge in [-0.1, -0.05) is 35.5 Å². The standard InChI is InChI=1S/C17H15ClN4O2S2/c1-10(13-6-3-7-25-13)21-22-17-20-15(23)9-14(26-17)16(24)19-12-5-2-4-11(18)8-12/h2-8,14H,9H2,1H3,(H,19,24)(H,20,22,23)/b21-10+/t14-/m0/s1. The third kappa shape index (κ3) is 4.94. The van der Waals surface area contributed by atoms with Crippen LogP contribution in [0.4, 0.5) is 5.69 Å². The van der Waals surface area contributed by atoms with Crippen molar-refractivity contribution >= 4 is 63.1 Å². The minimum atomic E-state index is -0.585. The Kier molecular flexibility index (Phi) is 6.08. The maximum Gasteiger partial charge on any atom is 0.238 e. The fourth-order valence-electron chi connectivity index (χ4n) is 2.18. The van der Waals surface area contributed by atoms with E-state index in [0.717, 1.165) is 10.6 Å². The molecule has 1 aliphatic rings. The van der Waals surface area contributed by atoms with Crippen molar-refractivity contribution in [2.24, 2.45) is 10.2 Å². The summed E-state index contributed by atoms with van der Waals surface area (Å²) in [7, 11) is 0. The largest absolute Gasteiger partial charge is 0.325 e. The Morgan fingerprint density at radius 2 is 2.19 bits per heavy atom. The first-order valence-corrected chi connectivity index (χ1v) is 9.84. The molecule has 134 valence electrons. The van der Waals surface area contributed by atoms with E-state index in [2.05, 4.69) is 20.8 Å². The highest BCUT2D eigenvalue weighted by molar-refractivity contribution is 8.15. The van der Waals surface area contributed by atoms with Crippen LogP contribution in [0.15, 0.2) is 52.0 Å². The number of hydrogen-bond acceptors (Lipinski definition) is 6. The van der Waals surface area contributed by atoms with E-state index < -0.39 is 5.25 Å². The van der Waals surface area contributed by atoms with E-state index in [4.69, 9.17) is 11.6 Å². The van der Waals surface area contributed by atoms with E-state index in [0.29, 0.717) is 15.9 Å². The highest BCUT2D eigenvalue weighted by Crippen LogP contribution is 2.23. The SMILES string of the molecule is C/C(=N\N=C1/NC(=O)C[C@@H](C(=O)Nc2cccc(Cl)c2)S1)c1cccs1. The van der Waals surface area contributed by atoms with Crippen LogP contribution in [0, 0.1) is 0 Å². The first-order chi connectivity index (χ1) is 12.5. The van der Waals surface area contributed by atoms with Crippen LogP contribution in [0.3, 0.4) is 0 Å². The van der Waals surface area contributed by atoms with Crippen molar-refractivity contribution in [1.82, 2.24) is 5.32 Å². The van der Waals surface area contributed by atoms with E-state index >= 15 is 0 Å². The van der Waals surface area contributed by atoms with Crippen molar-refractivity contribution in [3.05, 3.63) is 51.7 Å². The lowest BCUT2D eigenvalue weighted by molar-refractivity contribution is -0.123. The number of amidine groups is 1. The van der Waals surface area contributed by atoms with Crippen molar-refractivity contribution in [3.8, 4) is 0 Å². The number of carbonyl (C=O) groups is 2. The van der Waals surface area contributed by atoms with Gasteiger partial charge in [-0.15, -0.1) is 16.4 Å². The summed E-state index contributed by atoms with van der Waals surface area (Å²) >= 11 is 8.65. The van der Waals surface area contributed by atoms with E-state index in [1.807, 2.05) is 24.4 Å². The number of thiophene rings is 1. The molecule has 9 heteroatoms. The topological polar surface area (TPSA) is 82.9 Å². The molecular formula is C17H15ClN4O2S2. The number of anilines is 1. The van der Waals surface area contributed by atoms with Gasteiger partial charge in [0.25, 0.3) is 0 Å². The molecule has 1 fully saturated rings. The maximum atomic E-state index is 12.5. The van der Waals surface area contributed by atoms with Crippen LogP contribution in [0.1, 0.15) is 18.2 Å². The number of benzene rings is 1. The monoisotopic (exact) mass is 406 g/mol.